The molecule has 8 heteroatoms. The van der Waals surface area contributed by atoms with Crippen molar-refractivity contribution in [1.82, 2.24) is 4.98 Å². The molecule has 0 aliphatic rings. The Morgan fingerprint density at radius 2 is 1.82 bits per heavy atom. The first kappa shape index (κ1) is 17.9. The van der Waals surface area contributed by atoms with Crippen LogP contribution in [0.15, 0.2) is 36.5 Å². The third kappa shape index (κ3) is 4.42. The van der Waals surface area contributed by atoms with Gasteiger partial charge >= 0.3 is 6.18 Å². The highest BCUT2D eigenvalue weighted by atomic mass is 35.5. The van der Waals surface area contributed by atoms with Gasteiger partial charge in [-0.05, 0) is 6.07 Å². The van der Waals surface area contributed by atoms with Gasteiger partial charge in [0.05, 0.1) is 7.11 Å². The van der Waals surface area contributed by atoms with Crippen LogP contribution in [0, 0.1) is 0 Å². The number of hydrogen-bond donors (Lipinski definition) is 1. The molecule has 22 heavy (non-hydrogen) atoms. The fraction of sp³-hybridized carbons (Fsp3) is 0.214. The first-order valence-corrected chi connectivity index (χ1v) is 5.99. The Hall–Kier alpha value is -2.15. The largest absolute Gasteiger partial charge is 0.496 e. The number of nitrogens with two attached hydrogens (primary N) is 1. The lowest BCUT2D eigenvalue weighted by molar-refractivity contribution is -0.153. The topological polar surface area (TPSA) is 57.4 Å². The number of para-hydroxylation sites is 1. The van der Waals surface area contributed by atoms with Gasteiger partial charge in [0.15, 0.2) is 6.61 Å². The standard InChI is InChI=1S/C14H13F3N2O2.ClH/c1-20-11-5-3-2-4-9(11)10-7-19-13(18)6-12(10)21-8-14(15,16)17;/h2-7H,8H2,1H3,(H2,18,19);1H. The van der Waals surface area contributed by atoms with Gasteiger partial charge in [-0.1, -0.05) is 18.2 Å². The zero-order chi connectivity index (χ0) is 15.5. The number of methoxy groups -OCH3 is 1. The number of pyridine rings is 1. The number of hydrogen-bond acceptors (Lipinski definition) is 4. The summed E-state index contributed by atoms with van der Waals surface area (Å²) in [6.07, 6.45) is -3.07. The van der Waals surface area contributed by atoms with E-state index in [1.54, 1.807) is 24.3 Å². The monoisotopic (exact) mass is 334 g/mol. The van der Waals surface area contributed by atoms with Gasteiger partial charge in [-0.25, -0.2) is 4.98 Å². The van der Waals surface area contributed by atoms with E-state index in [-0.39, 0.29) is 24.0 Å². The fourth-order valence-corrected chi connectivity index (χ4v) is 1.80. The first-order valence-electron chi connectivity index (χ1n) is 5.99. The summed E-state index contributed by atoms with van der Waals surface area (Å²) in [6.45, 7) is -1.40. The van der Waals surface area contributed by atoms with Crippen LogP contribution >= 0.6 is 12.4 Å². The molecular weight excluding hydrogens is 321 g/mol. The number of alkyl halides is 3. The summed E-state index contributed by atoms with van der Waals surface area (Å²) in [4.78, 5) is 3.90. The minimum Gasteiger partial charge on any atom is -0.496 e. The van der Waals surface area contributed by atoms with E-state index >= 15 is 0 Å². The summed E-state index contributed by atoms with van der Waals surface area (Å²) in [5, 5.41) is 0. The SMILES string of the molecule is COc1ccccc1-c1cnc(N)cc1OCC(F)(F)F.Cl. The minimum atomic E-state index is -4.43. The predicted molar refractivity (Wildman–Crippen MR) is 79.4 cm³/mol. The van der Waals surface area contributed by atoms with Crippen molar-refractivity contribution >= 4 is 18.2 Å². The number of aromatic nitrogens is 1. The maximum atomic E-state index is 12.3. The lowest BCUT2D eigenvalue weighted by atomic mass is 10.1. The van der Waals surface area contributed by atoms with E-state index in [0.29, 0.717) is 16.9 Å². The molecule has 0 spiro atoms. The van der Waals surface area contributed by atoms with Crippen molar-refractivity contribution in [3.63, 3.8) is 0 Å². The highest BCUT2D eigenvalue weighted by Gasteiger charge is 2.29. The van der Waals surface area contributed by atoms with Gasteiger partial charge in [-0.2, -0.15) is 13.2 Å². The molecule has 2 N–H and O–H groups in total. The zero-order valence-corrected chi connectivity index (χ0v) is 12.4. The molecule has 2 aromatic rings. The summed E-state index contributed by atoms with van der Waals surface area (Å²) < 4.78 is 47.0. The zero-order valence-electron chi connectivity index (χ0n) is 11.6. The third-order valence-electron chi connectivity index (χ3n) is 2.68. The Balaban J connectivity index is 0.00000242. The number of benzene rings is 1. The molecule has 0 saturated heterocycles. The molecule has 1 aromatic carbocycles. The highest BCUT2D eigenvalue weighted by Crippen LogP contribution is 2.37. The van der Waals surface area contributed by atoms with E-state index in [9.17, 15) is 13.2 Å². The Bertz CT molecular complexity index is 636. The lowest BCUT2D eigenvalue weighted by Crippen LogP contribution is -2.19. The molecule has 4 nitrogen and oxygen atoms in total. The van der Waals surface area contributed by atoms with Crippen LogP contribution < -0.4 is 15.2 Å². The number of halogens is 4. The van der Waals surface area contributed by atoms with Crippen molar-refractivity contribution in [2.24, 2.45) is 0 Å². The van der Waals surface area contributed by atoms with Gasteiger partial charge < -0.3 is 15.2 Å². The maximum Gasteiger partial charge on any atom is 0.422 e. The second-order valence-electron chi connectivity index (χ2n) is 4.21. The van der Waals surface area contributed by atoms with Crippen LogP contribution in [0.25, 0.3) is 11.1 Å². The van der Waals surface area contributed by atoms with Crippen molar-refractivity contribution in [3.05, 3.63) is 36.5 Å². The Kier molecular flexibility index (Phi) is 5.87. The molecule has 1 heterocycles. The first-order chi connectivity index (χ1) is 9.90. The minimum absolute atomic E-state index is 0. The van der Waals surface area contributed by atoms with Gasteiger partial charge in [0.1, 0.15) is 17.3 Å². The molecule has 0 aliphatic carbocycles. The summed E-state index contributed by atoms with van der Waals surface area (Å²) in [5.41, 5.74) is 6.47. The highest BCUT2D eigenvalue weighted by molar-refractivity contribution is 5.85. The third-order valence-corrected chi connectivity index (χ3v) is 2.68. The van der Waals surface area contributed by atoms with Gasteiger partial charge in [-0.15, -0.1) is 12.4 Å². The average molecular weight is 335 g/mol. The molecular formula is C14H14ClF3N2O2. The normalized spacial score (nSPS) is 10.7. The van der Waals surface area contributed by atoms with E-state index in [4.69, 9.17) is 15.2 Å². The molecule has 1 aromatic heterocycles. The number of nitrogens with zero attached hydrogens (tertiary/aromatic N) is 1. The van der Waals surface area contributed by atoms with Crippen LogP contribution in [0.1, 0.15) is 0 Å². The van der Waals surface area contributed by atoms with Gasteiger partial charge in [0.2, 0.25) is 0 Å². The molecule has 0 unspecified atom stereocenters. The van der Waals surface area contributed by atoms with Crippen LogP contribution in [-0.4, -0.2) is 24.9 Å². The average Bonchev–Trinajstić information content (AvgIpc) is 2.44. The second-order valence-corrected chi connectivity index (χ2v) is 4.21. The van der Waals surface area contributed by atoms with Crippen LogP contribution in [-0.2, 0) is 0 Å². The smallest absolute Gasteiger partial charge is 0.422 e. The van der Waals surface area contributed by atoms with Crippen LogP contribution in [0.4, 0.5) is 19.0 Å². The van der Waals surface area contributed by atoms with Gasteiger partial charge in [0.25, 0.3) is 0 Å². The fourth-order valence-electron chi connectivity index (χ4n) is 1.80. The number of anilines is 1. The molecule has 0 radical (unpaired) electrons. The van der Waals surface area contributed by atoms with E-state index in [1.165, 1.54) is 19.4 Å². The predicted octanol–water partition coefficient (Wildman–Crippen LogP) is 3.70. The summed E-state index contributed by atoms with van der Waals surface area (Å²) >= 11 is 0. The molecule has 0 saturated carbocycles. The van der Waals surface area contributed by atoms with Crippen molar-refractivity contribution in [3.8, 4) is 22.6 Å². The van der Waals surface area contributed by atoms with Gasteiger partial charge in [-0.3, -0.25) is 0 Å². The maximum absolute atomic E-state index is 12.3. The van der Waals surface area contributed by atoms with E-state index in [2.05, 4.69) is 4.98 Å². The Labute approximate surface area is 131 Å². The van der Waals surface area contributed by atoms with Gasteiger partial charge in [0, 0.05) is 23.4 Å². The number of nitrogen functional groups attached to an aromatic ring is 1. The summed E-state index contributed by atoms with van der Waals surface area (Å²) in [6, 6.07) is 8.14. The molecule has 0 aliphatic heterocycles. The quantitative estimate of drug-likeness (QED) is 0.926. The molecule has 120 valence electrons. The van der Waals surface area contributed by atoms with Crippen molar-refractivity contribution in [1.29, 1.82) is 0 Å². The van der Waals surface area contributed by atoms with Crippen LogP contribution in [0.2, 0.25) is 0 Å². The molecule has 2 rings (SSSR count). The summed E-state index contributed by atoms with van der Waals surface area (Å²) in [7, 11) is 1.47. The van der Waals surface area contributed by atoms with E-state index < -0.39 is 12.8 Å². The second kappa shape index (κ2) is 7.22. The van der Waals surface area contributed by atoms with Crippen LogP contribution in [0.3, 0.4) is 0 Å². The van der Waals surface area contributed by atoms with Crippen LogP contribution in [0.5, 0.6) is 11.5 Å². The number of ether oxygens (including phenoxy) is 2. The van der Waals surface area contributed by atoms with E-state index in [1.807, 2.05) is 0 Å². The van der Waals surface area contributed by atoms with Crippen molar-refractivity contribution < 1.29 is 22.6 Å². The Morgan fingerprint density at radius 3 is 2.45 bits per heavy atom. The lowest BCUT2D eigenvalue weighted by Gasteiger charge is -2.15. The molecule has 0 fully saturated rings. The number of rotatable bonds is 4. The summed E-state index contributed by atoms with van der Waals surface area (Å²) in [5.74, 6) is 0.580. The molecule has 0 bridgehead atoms. The van der Waals surface area contributed by atoms with Crippen molar-refractivity contribution in [2.45, 2.75) is 6.18 Å². The Morgan fingerprint density at radius 1 is 1.14 bits per heavy atom. The molecule has 0 amide bonds. The molecule has 0 atom stereocenters. The van der Waals surface area contributed by atoms with E-state index in [0.717, 1.165) is 0 Å². The van der Waals surface area contributed by atoms with Crippen molar-refractivity contribution in [2.75, 3.05) is 19.5 Å².